The van der Waals surface area contributed by atoms with Crippen LogP contribution < -0.4 is 5.73 Å². The molecule has 3 rings (SSSR count). The van der Waals surface area contributed by atoms with Crippen molar-refractivity contribution in [3.05, 3.63) is 47.1 Å². The van der Waals surface area contributed by atoms with E-state index in [9.17, 15) is 0 Å². The summed E-state index contributed by atoms with van der Waals surface area (Å²) in [6.45, 7) is 4.09. The molecule has 0 spiro atoms. The van der Waals surface area contributed by atoms with Gasteiger partial charge in [0.25, 0.3) is 0 Å². The van der Waals surface area contributed by atoms with Crippen molar-refractivity contribution >= 4 is 16.3 Å². The number of aromatic nitrogens is 2. The zero-order chi connectivity index (χ0) is 12.7. The molecule has 2 heterocycles. The zero-order valence-electron chi connectivity index (χ0n) is 10.4. The molecular formula is C14H15N3S. The lowest BCUT2D eigenvalue weighted by Gasteiger charge is -2.06. The average molecular weight is 257 g/mol. The highest BCUT2D eigenvalue weighted by Crippen LogP contribution is 2.26. The summed E-state index contributed by atoms with van der Waals surface area (Å²) in [4.78, 5) is 5.71. The molecule has 1 atom stereocenters. The summed E-state index contributed by atoms with van der Waals surface area (Å²) in [5.74, 6) is 0. The molecule has 0 saturated heterocycles. The Balaban J connectivity index is 2.08. The van der Waals surface area contributed by atoms with Crippen LogP contribution in [0.3, 0.4) is 0 Å². The Morgan fingerprint density at radius 1 is 1.28 bits per heavy atom. The van der Waals surface area contributed by atoms with E-state index in [0.717, 1.165) is 21.8 Å². The van der Waals surface area contributed by atoms with Crippen molar-refractivity contribution in [3.63, 3.8) is 0 Å². The first-order valence-electron chi connectivity index (χ1n) is 5.95. The summed E-state index contributed by atoms with van der Waals surface area (Å²) in [6.07, 6.45) is 2.06. The quantitative estimate of drug-likeness (QED) is 0.764. The molecule has 4 heteroatoms. The minimum atomic E-state index is 0.0747. The van der Waals surface area contributed by atoms with Crippen molar-refractivity contribution in [2.75, 3.05) is 0 Å². The van der Waals surface area contributed by atoms with Gasteiger partial charge in [0.05, 0.1) is 5.69 Å². The van der Waals surface area contributed by atoms with Gasteiger partial charge in [0, 0.05) is 28.9 Å². The molecule has 1 aromatic carbocycles. The van der Waals surface area contributed by atoms with Crippen molar-refractivity contribution in [1.29, 1.82) is 0 Å². The zero-order valence-corrected chi connectivity index (χ0v) is 11.2. The lowest BCUT2D eigenvalue weighted by Crippen LogP contribution is -2.04. The second-order valence-corrected chi connectivity index (χ2v) is 5.39. The molecule has 0 saturated carbocycles. The fraction of sp³-hybridized carbons (Fsp3) is 0.214. The largest absolute Gasteiger partial charge is 0.324 e. The number of fused-ring (bicyclic) bond motifs is 1. The van der Waals surface area contributed by atoms with E-state index < -0.39 is 0 Å². The van der Waals surface area contributed by atoms with E-state index in [1.807, 2.05) is 6.92 Å². The summed E-state index contributed by atoms with van der Waals surface area (Å²) in [5, 5.41) is 2.05. The van der Waals surface area contributed by atoms with Crippen LogP contribution in [0, 0.1) is 6.92 Å². The number of aryl methyl sites for hydroxylation is 1. The van der Waals surface area contributed by atoms with E-state index >= 15 is 0 Å². The molecule has 0 aliphatic carbocycles. The second-order valence-electron chi connectivity index (χ2n) is 4.51. The highest BCUT2D eigenvalue weighted by Gasteiger charge is 2.11. The van der Waals surface area contributed by atoms with E-state index in [-0.39, 0.29) is 6.04 Å². The molecule has 0 radical (unpaired) electrons. The van der Waals surface area contributed by atoms with E-state index in [4.69, 9.17) is 5.73 Å². The Kier molecular flexibility index (Phi) is 2.69. The molecule has 0 amide bonds. The molecule has 2 N–H and O–H groups in total. The smallest absolute Gasteiger partial charge is 0.194 e. The van der Waals surface area contributed by atoms with Crippen LogP contribution in [0.2, 0.25) is 0 Å². The van der Waals surface area contributed by atoms with Crippen LogP contribution >= 0.6 is 11.3 Å². The van der Waals surface area contributed by atoms with Gasteiger partial charge < -0.3 is 5.73 Å². The van der Waals surface area contributed by atoms with Crippen LogP contribution in [0.15, 0.2) is 35.8 Å². The molecule has 3 nitrogen and oxygen atoms in total. The third kappa shape index (κ3) is 1.74. The van der Waals surface area contributed by atoms with Gasteiger partial charge in [-0.2, -0.15) is 0 Å². The molecule has 2 aromatic heterocycles. The van der Waals surface area contributed by atoms with Gasteiger partial charge in [-0.1, -0.05) is 24.3 Å². The molecular weight excluding hydrogens is 242 g/mol. The summed E-state index contributed by atoms with van der Waals surface area (Å²) in [6, 6.07) is 8.42. The third-order valence-electron chi connectivity index (χ3n) is 3.21. The van der Waals surface area contributed by atoms with Crippen LogP contribution in [0.1, 0.15) is 24.2 Å². The highest BCUT2D eigenvalue weighted by molar-refractivity contribution is 7.15. The van der Waals surface area contributed by atoms with Crippen molar-refractivity contribution in [1.82, 2.24) is 9.38 Å². The van der Waals surface area contributed by atoms with Crippen molar-refractivity contribution < 1.29 is 0 Å². The maximum Gasteiger partial charge on any atom is 0.194 e. The first-order chi connectivity index (χ1) is 8.66. The second kappa shape index (κ2) is 4.23. The predicted molar refractivity (Wildman–Crippen MR) is 75.8 cm³/mol. The minimum absolute atomic E-state index is 0.0747. The number of hydrogen-bond acceptors (Lipinski definition) is 3. The summed E-state index contributed by atoms with van der Waals surface area (Å²) < 4.78 is 2.12. The van der Waals surface area contributed by atoms with Gasteiger partial charge >= 0.3 is 0 Å². The Hall–Kier alpha value is -1.65. The van der Waals surface area contributed by atoms with Gasteiger partial charge in [-0.05, 0) is 19.4 Å². The molecule has 0 aliphatic rings. The van der Waals surface area contributed by atoms with Crippen molar-refractivity contribution in [2.24, 2.45) is 5.73 Å². The lowest BCUT2D eigenvalue weighted by molar-refractivity contribution is 0.818. The number of hydrogen-bond donors (Lipinski definition) is 1. The topological polar surface area (TPSA) is 43.3 Å². The number of benzene rings is 1. The monoisotopic (exact) mass is 257 g/mol. The number of thiazole rings is 1. The van der Waals surface area contributed by atoms with Crippen LogP contribution in [0.5, 0.6) is 0 Å². The fourth-order valence-electron chi connectivity index (χ4n) is 2.12. The summed E-state index contributed by atoms with van der Waals surface area (Å²) in [7, 11) is 0. The highest BCUT2D eigenvalue weighted by atomic mass is 32.1. The van der Waals surface area contributed by atoms with Crippen LogP contribution in [-0.4, -0.2) is 9.38 Å². The first-order valence-corrected chi connectivity index (χ1v) is 6.83. The number of rotatable bonds is 2. The SMILES string of the molecule is Cc1c(-c2ccc(C(C)N)cc2)nc2sccn12. The molecule has 0 aliphatic heterocycles. The van der Waals surface area contributed by atoms with E-state index in [1.54, 1.807) is 11.3 Å². The van der Waals surface area contributed by atoms with Crippen LogP contribution in [0.25, 0.3) is 16.2 Å². The van der Waals surface area contributed by atoms with Crippen LogP contribution in [-0.2, 0) is 0 Å². The van der Waals surface area contributed by atoms with Gasteiger partial charge in [0.15, 0.2) is 4.96 Å². The van der Waals surface area contributed by atoms with Gasteiger partial charge in [0.2, 0.25) is 0 Å². The minimum Gasteiger partial charge on any atom is -0.324 e. The summed E-state index contributed by atoms with van der Waals surface area (Å²) in [5.41, 5.74) is 10.4. The number of nitrogens with zero attached hydrogens (tertiary/aromatic N) is 2. The van der Waals surface area contributed by atoms with Gasteiger partial charge in [-0.15, -0.1) is 11.3 Å². The Morgan fingerprint density at radius 2 is 2.00 bits per heavy atom. The number of nitrogens with two attached hydrogens (primary N) is 1. The lowest BCUT2D eigenvalue weighted by atomic mass is 10.0. The predicted octanol–water partition coefficient (Wildman–Crippen LogP) is 3.39. The van der Waals surface area contributed by atoms with Gasteiger partial charge in [-0.3, -0.25) is 4.40 Å². The third-order valence-corrected chi connectivity index (χ3v) is 3.97. The molecule has 18 heavy (non-hydrogen) atoms. The Labute approximate surface area is 110 Å². The van der Waals surface area contributed by atoms with Crippen LogP contribution in [0.4, 0.5) is 0 Å². The fourth-order valence-corrected chi connectivity index (χ4v) is 2.88. The van der Waals surface area contributed by atoms with Gasteiger partial charge in [0.1, 0.15) is 0 Å². The molecule has 1 unspecified atom stereocenters. The Morgan fingerprint density at radius 3 is 2.61 bits per heavy atom. The van der Waals surface area contributed by atoms with Crippen molar-refractivity contribution in [2.45, 2.75) is 19.9 Å². The van der Waals surface area contributed by atoms with Crippen molar-refractivity contribution in [3.8, 4) is 11.3 Å². The molecule has 3 aromatic rings. The molecule has 0 fully saturated rings. The Bertz CT molecular complexity index is 677. The average Bonchev–Trinajstić information content (AvgIpc) is 2.93. The normalized spacial score (nSPS) is 13.1. The van der Waals surface area contributed by atoms with E-state index in [2.05, 4.69) is 52.2 Å². The molecule has 0 bridgehead atoms. The maximum atomic E-state index is 5.86. The standard InChI is InChI=1S/C14H15N3S/c1-9(15)11-3-5-12(6-4-11)13-10(2)17-7-8-18-14(17)16-13/h3-9H,15H2,1-2H3. The maximum absolute atomic E-state index is 5.86. The van der Waals surface area contributed by atoms with E-state index in [0.29, 0.717) is 0 Å². The summed E-state index contributed by atoms with van der Waals surface area (Å²) >= 11 is 1.66. The first kappa shape index (κ1) is 11.4. The number of imidazole rings is 1. The van der Waals surface area contributed by atoms with Gasteiger partial charge in [-0.25, -0.2) is 4.98 Å². The molecule has 92 valence electrons. The van der Waals surface area contributed by atoms with E-state index in [1.165, 1.54) is 5.69 Å².